The molecule has 0 aliphatic carbocycles. The molecule has 1 unspecified atom stereocenters. The molecule has 8 heteroatoms. The number of anilines is 1. The summed E-state index contributed by atoms with van der Waals surface area (Å²) < 4.78 is 6.43. The topological polar surface area (TPSA) is 79.7 Å². The van der Waals surface area contributed by atoms with E-state index in [0.29, 0.717) is 22.4 Å². The lowest BCUT2D eigenvalue weighted by molar-refractivity contribution is -0.132. The number of ketones is 1. The number of ether oxygens (including phenoxy) is 1. The van der Waals surface area contributed by atoms with Crippen molar-refractivity contribution in [3.63, 3.8) is 0 Å². The van der Waals surface area contributed by atoms with E-state index < -0.39 is 17.7 Å². The maximum Gasteiger partial charge on any atom is 0.301 e. The Labute approximate surface area is 223 Å². The fourth-order valence-corrected chi connectivity index (χ4v) is 6.49. The highest BCUT2D eigenvalue weighted by atomic mass is 32.1. The standard InChI is InChI=1S/C29H28N2O4S2/c1-15(2)17-8-10-20-23(14-17)37-29(30-20)31-25(22-7-6-12-36-22)24(27(33)28(31)34)26(32)18-9-11-21(35-5)19(13-18)16(3)4/h6-16,25,32H,1-5H3/b26-24+. The van der Waals surface area contributed by atoms with E-state index in [4.69, 9.17) is 9.72 Å². The molecule has 2 aromatic heterocycles. The second-order valence-electron chi connectivity index (χ2n) is 9.67. The van der Waals surface area contributed by atoms with Gasteiger partial charge >= 0.3 is 5.91 Å². The summed E-state index contributed by atoms with van der Waals surface area (Å²) in [5, 5.41) is 13.8. The largest absolute Gasteiger partial charge is 0.507 e. The van der Waals surface area contributed by atoms with Crippen molar-refractivity contribution in [1.82, 2.24) is 4.98 Å². The third-order valence-corrected chi connectivity index (χ3v) is 8.60. The molecule has 1 aliphatic heterocycles. The quantitative estimate of drug-likeness (QED) is 0.161. The molecule has 4 aromatic rings. The molecule has 0 radical (unpaired) electrons. The number of carbonyl (C=O) groups is 2. The van der Waals surface area contributed by atoms with E-state index in [1.165, 1.54) is 33.1 Å². The Morgan fingerprint density at radius 1 is 1.05 bits per heavy atom. The van der Waals surface area contributed by atoms with Gasteiger partial charge in [-0.05, 0) is 64.7 Å². The van der Waals surface area contributed by atoms with Crippen LogP contribution in [0, 0.1) is 0 Å². The third kappa shape index (κ3) is 4.34. The highest BCUT2D eigenvalue weighted by Crippen LogP contribution is 2.46. The van der Waals surface area contributed by atoms with E-state index in [0.717, 1.165) is 20.7 Å². The maximum absolute atomic E-state index is 13.5. The second-order valence-corrected chi connectivity index (χ2v) is 11.7. The van der Waals surface area contributed by atoms with Crippen LogP contribution in [0.2, 0.25) is 0 Å². The number of aliphatic hydroxyl groups excluding tert-OH is 1. The normalized spacial score (nSPS) is 17.5. The summed E-state index contributed by atoms with van der Waals surface area (Å²) >= 11 is 2.81. The van der Waals surface area contributed by atoms with E-state index >= 15 is 0 Å². The Kier molecular flexibility index (Phi) is 6.64. The number of rotatable bonds is 6. The van der Waals surface area contributed by atoms with Crippen molar-refractivity contribution in [3.8, 4) is 5.75 Å². The first-order chi connectivity index (χ1) is 17.7. The Hall–Kier alpha value is -3.49. The molecular formula is C29H28N2O4S2. The van der Waals surface area contributed by atoms with Gasteiger partial charge in [0.25, 0.3) is 5.78 Å². The molecule has 1 aliphatic rings. The van der Waals surface area contributed by atoms with Gasteiger partial charge in [-0.2, -0.15) is 0 Å². The van der Waals surface area contributed by atoms with Gasteiger partial charge in [0.1, 0.15) is 17.6 Å². The molecule has 6 nitrogen and oxygen atoms in total. The molecule has 0 saturated carbocycles. The van der Waals surface area contributed by atoms with Gasteiger partial charge in [0.05, 0.1) is 22.9 Å². The van der Waals surface area contributed by atoms with Gasteiger partial charge in [0.15, 0.2) is 5.13 Å². The lowest BCUT2D eigenvalue weighted by Crippen LogP contribution is -2.28. The average Bonchev–Trinajstić information content (AvgIpc) is 3.61. The Balaban J connectivity index is 1.68. The molecule has 1 amide bonds. The van der Waals surface area contributed by atoms with E-state index in [2.05, 4.69) is 19.9 Å². The predicted molar refractivity (Wildman–Crippen MR) is 150 cm³/mol. The van der Waals surface area contributed by atoms with E-state index in [1.807, 2.05) is 49.6 Å². The fourth-order valence-electron chi connectivity index (χ4n) is 4.63. The number of aliphatic hydroxyl groups is 1. The number of hydrogen-bond acceptors (Lipinski definition) is 7. The summed E-state index contributed by atoms with van der Waals surface area (Å²) in [7, 11) is 1.60. The molecule has 1 N–H and O–H groups in total. The molecule has 5 rings (SSSR count). The van der Waals surface area contributed by atoms with Crippen LogP contribution in [0.3, 0.4) is 0 Å². The summed E-state index contributed by atoms with van der Waals surface area (Å²) in [5.41, 5.74) is 3.39. The Bertz CT molecular complexity index is 1530. The fraction of sp³-hybridized carbons (Fsp3) is 0.276. The molecule has 1 saturated heterocycles. The van der Waals surface area contributed by atoms with Crippen LogP contribution in [0.5, 0.6) is 5.75 Å². The van der Waals surface area contributed by atoms with Gasteiger partial charge in [0.2, 0.25) is 0 Å². The van der Waals surface area contributed by atoms with Crippen molar-refractivity contribution in [2.45, 2.75) is 45.6 Å². The number of Topliss-reactive ketones (excluding diaryl/α,β-unsaturated/α-hetero) is 1. The highest BCUT2D eigenvalue weighted by molar-refractivity contribution is 7.22. The summed E-state index contributed by atoms with van der Waals surface area (Å²) in [5.74, 6) is -0.420. The summed E-state index contributed by atoms with van der Waals surface area (Å²) in [4.78, 5) is 33.9. The van der Waals surface area contributed by atoms with Gasteiger partial charge in [0, 0.05) is 10.4 Å². The van der Waals surface area contributed by atoms with E-state index in [1.54, 1.807) is 19.2 Å². The summed E-state index contributed by atoms with van der Waals surface area (Å²) in [6.45, 7) is 8.32. The molecule has 0 bridgehead atoms. The molecule has 190 valence electrons. The number of methoxy groups -OCH3 is 1. The monoisotopic (exact) mass is 532 g/mol. The minimum absolute atomic E-state index is 0.0643. The summed E-state index contributed by atoms with van der Waals surface area (Å²) in [6, 6.07) is 14.4. The molecule has 37 heavy (non-hydrogen) atoms. The molecule has 0 spiro atoms. The first-order valence-corrected chi connectivity index (χ1v) is 13.8. The lowest BCUT2D eigenvalue weighted by atomic mass is 9.95. The van der Waals surface area contributed by atoms with Crippen LogP contribution in [-0.4, -0.2) is 28.9 Å². The van der Waals surface area contributed by atoms with Crippen molar-refractivity contribution < 1.29 is 19.4 Å². The van der Waals surface area contributed by atoms with E-state index in [-0.39, 0.29) is 17.3 Å². The minimum Gasteiger partial charge on any atom is -0.507 e. The van der Waals surface area contributed by atoms with Crippen LogP contribution in [0.1, 0.15) is 67.1 Å². The smallest absolute Gasteiger partial charge is 0.301 e. The number of thiophene rings is 1. The van der Waals surface area contributed by atoms with Crippen molar-refractivity contribution >= 4 is 55.5 Å². The van der Waals surface area contributed by atoms with Crippen LogP contribution < -0.4 is 9.64 Å². The van der Waals surface area contributed by atoms with Gasteiger partial charge < -0.3 is 9.84 Å². The average molecular weight is 533 g/mol. The zero-order valence-corrected chi connectivity index (χ0v) is 22.9. The molecule has 1 atom stereocenters. The first-order valence-electron chi connectivity index (χ1n) is 12.1. The number of hydrogen-bond donors (Lipinski definition) is 1. The zero-order valence-electron chi connectivity index (χ0n) is 21.3. The van der Waals surface area contributed by atoms with Gasteiger partial charge in [-0.3, -0.25) is 14.5 Å². The van der Waals surface area contributed by atoms with Crippen molar-refractivity contribution in [1.29, 1.82) is 0 Å². The minimum atomic E-state index is -0.769. The van der Waals surface area contributed by atoms with E-state index in [9.17, 15) is 14.7 Å². The SMILES string of the molecule is COc1ccc(/C(O)=C2\C(=O)C(=O)N(c3nc4ccc(C(C)C)cc4s3)C2c2cccs2)cc1C(C)C. The number of fused-ring (bicyclic) bond motifs is 1. The van der Waals surface area contributed by atoms with Gasteiger partial charge in [-0.15, -0.1) is 11.3 Å². The first kappa shape index (κ1) is 25.2. The van der Waals surface area contributed by atoms with Crippen LogP contribution in [-0.2, 0) is 9.59 Å². The number of carbonyl (C=O) groups excluding carboxylic acids is 2. The van der Waals surface area contributed by atoms with Crippen molar-refractivity contribution in [2.75, 3.05) is 12.0 Å². The number of benzene rings is 2. The van der Waals surface area contributed by atoms with Crippen LogP contribution >= 0.6 is 22.7 Å². The Morgan fingerprint density at radius 3 is 2.49 bits per heavy atom. The molecule has 1 fully saturated rings. The van der Waals surface area contributed by atoms with Gasteiger partial charge in [-0.25, -0.2) is 4.98 Å². The van der Waals surface area contributed by atoms with Crippen LogP contribution in [0.15, 0.2) is 59.5 Å². The second kappa shape index (κ2) is 9.76. The zero-order chi connectivity index (χ0) is 26.4. The van der Waals surface area contributed by atoms with Crippen LogP contribution in [0.25, 0.3) is 16.0 Å². The Morgan fingerprint density at radius 2 is 1.84 bits per heavy atom. The maximum atomic E-state index is 13.5. The predicted octanol–water partition coefficient (Wildman–Crippen LogP) is 7.24. The highest BCUT2D eigenvalue weighted by Gasteiger charge is 2.48. The summed E-state index contributed by atoms with van der Waals surface area (Å²) in [6.07, 6.45) is 0. The van der Waals surface area contributed by atoms with Crippen molar-refractivity contribution in [3.05, 3.63) is 81.1 Å². The number of amides is 1. The molecular weight excluding hydrogens is 504 g/mol. The lowest BCUT2D eigenvalue weighted by Gasteiger charge is -2.21. The van der Waals surface area contributed by atoms with Crippen LogP contribution in [0.4, 0.5) is 5.13 Å². The van der Waals surface area contributed by atoms with Crippen molar-refractivity contribution in [2.24, 2.45) is 0 Å². The molecule has 2 aromatic carbocycles. The number of aromatic nitrogens is 1. The molecule has 3 heterocycles. The number of nitrogens with zero attached hydrogens (tertiary/aromatic N) is 2. The van der Waals surface area contributed by atoms with Gasteiger partial charge in [-0.1, -0.05) is 51.2 Å². The third-order valence-electron chi connectivity index (χ3n) is 6.66. The number of thiazole rings is 1.